The second kappa shape index (κ2) is 7.17. The average molecular weight is 269 g/mol. The van der Waals surface area contributed by atoms with Crippen LogP contribution in [-0.4, -0.2) is 48.9 Å². The van der Waals surface area contributed by atoms with Gasteiger partial charge >= 0.3 is 11.9 Å². The van der Waals surface area contributed by atoms with Crippen molar-refractivity contribution in [1.29, 1.82) is 0 Å². The van der Waals surface area contributed by atoms with Gasteiger partial charge in [-0.2, -0.15) is 4.83 Å². The van der Waals surface area contributed by atoms with E-state index in [2.05, 4.69) is 0 Å². The first-order chi connectivity index (χ1) is 7.78. The molecule has 6 N–H and O–H groups in total. The molecule has 0 heterocycles. The Morgan fingerprint density at radius 3 is 2.29 bits per heavy atom. The predicted molar refractivity (Wildman–Crippen MR) is 57.4 cm³/mol. The molecule has 0 radical (unpaired) electrons. The third kappa shape index (κ3) is 7.63. The fraction of sp³-hybridized carbons (Fsp3) is 0.714. The number of carboxylic acid groups (broad SMARTS) is 2. The molecule has 0 aliphatic heterocycles. The van der Waals surface area contributed by atoms with Crippen molar-refractivity contribution in [3.63, 3.8) is 0 Å². The lowest BCUT2D eigenvalue weighted by molar-refractivity contribution is -0.146. The van der Waals surface area contributed by atoms with Gasteiger partial charge in [0.15, 0.2) is 0 Å². The number of hydrazine groups is 1. The number of nitrogens with one attached hydrogen (secondary N) is 2. The van der Waals surface area contributed by atoms with Gasteiger partial charge in [0.05, 0.1) is 12.2 Å². The summed E-state index contributed by atoms with van der Waals surface area (Å²) in [4.78, 5) is 22.7. The number of carbonyl (C=O) groups is 2. The summed E-state index contributed by atoms with van der Waals surface area (Å²) in [7, 11) is -3.71. The molecule has 100 valence electrons. The Balaban J connectivity index is 4.30. The highest BCUT2D eigenvalue weighted by Gasteiger charge is 2.22. The van der Waals surface area contributed by atoms with Crippen LogP contribution in [0.15, 0.2) is 0 Å². The largest absolute Gasteiger partial charge is 0.481 e. The van der Waals surface area contributed by atoms with Crippen molar-refractivity contribution in [2.24, 2.45) is 5.73 Å². The second-order valence-electron chi connectivity index (χ2n) is 3.20. The zero-order chi connectivity index (χ0) is 13.5. The monoisotopic (exact) mass is 269 g/mol. The van der Waals surface area contributed by atoms with Gasteiger partial charge in [-0.3, -0.25) is 9.59 Å². The van der Waals surface area contributed by atoms with E-state index in [4.69, 9.17) is 15.9 Å². The van der Waals surface area contributed by atoms with Gasteiger partial charge in [0, 0.05) is 0 Å². The average Bonchev–Trinajstić information content (AvgIpc) is 2.20. The lowest BCUT2D eigenvalue weighted by atomic mass is 10.2. The molecule has 0 aromatic rings. The molecule has 0 aromatic heterocycles. The zero-order valence-electron chi connectivity index (χ0n) is 8.92. The summed E-state index contributed by atoms with van der Waals surface area (Å²) in [6, 6.07) is -1.53. The summed E-state index contributed by atoms with van der Waals surface area (Å²) in [5, 5.41) is 17.0. The summed E-state index contributed by atoms with van der Waals surface area (Å²) < 4.78 is 22.5. The normalized spacial score (nSPS) is 13.2. The first-order valence-corrected chi connectivity index (χ1v) is 6.33. The van der Waals surface area contributed by atoms with E-state index >= 15 is 0 Å². The number of sulfonamides is 1. The highest BCUT2D eigenvalue weighted by atomic mass is 32.2. The molecule has 0 saturated heterocycles. The maximum Gasteiger partial charge on any atom is 0.322 e. The van der Waals surface area contributed by atoms with Gasteiger partial charge in [0.1, 0.15) is 6.04 Å². The summed E-state index contributed by atoms with van der Waals surface area (Å²) in [5.74, 6) is -3.09. The molecule has 0 fully saturated rings. The van der Waals surface area contributed by atoms with E-state index in [0.717, 1.165) is 0 Å². The fourth-order valence-corrected chi connectivity index (χ4v) is 1.83. The molecule has 1 atom stereocenters. The highest BCUT2D eigenvalue weighted by Crippen LogP contribution is 1.93. The number of rotatable bonds is 9. The summed E-state index contributed by atoms with van der Waals surface area (Å²) in [6.07, 6.45) is -0.525. The Morgan fingerprint density at radius 1 is 1.29 bits per heavy atom. The van der Waals surface area contributed by atoms with Gasteiger partial charge < -0.3 is 15.9 Å². The van der Waals surface area contributed by atoms with Gasteiger partial charge in [0.25, 0.3) is 0 Å². The van der Waals surface area contributed by atoms with Crippen molar-refractivity contribution < 1.29 is 28.2 Å². The van der Waals surface area contributed by atoms with Gasteiger partial charge in [-0.1, -0.05) is 0 Å². The lowest BCUT2D eigenvalue weighted by Crippen LogP contribution is -2.49. The van der Waals surface area contributed by atoms with Crippen LogP contribution in [0.25, 0.3) is 0 Å². The molecule has 0 unspecified atom stereocenters. The van der Waals surface area contributed by atoms with Crippen molar-refractivity contribution in [3.05, 3.63) is 0 Å². The molecule has 10 heteroatoms. The second-order valence-corrected chi connectivity index (χ2v) is 5.04. The van der Waals surface area contributed by atoms with E-state index in [1.165, 1.54) is 0 Å². The van der Waals surface area contributed by atoms with Crippen LogP contribution in [0.2, 0.25) is 0 Å². The first kappa shape index (κ1) is 15.8. The summed E-state index contributed by atoms with van der Waals surface area (Å²) in [5.41, 5.74) is 7.06. The predicted octanol–water partition coefficient (Wildman–Crippen LogP) is -2.31. The molecular formula is C7H15N3O6S. The van der Waals surface area contributed by atoms with Crippen molar-refractivity contribution >= 4 is 22.0 Å². The number of carboxylic acids is 2. The van der Waals surface area contributed by atoms with Crippen LogP contribution in [0, 0.1) is 0 Å². The molecule has 0 aliphatic rings. The van der Waals surface area contributed by atoms with Crippen molar-refractivity contribution in [2.45, 2.75) is 18.9 Å². The van der Waals surface area contributed by atoms with Crippen molar-refractivity contribution in [3.8, 4) is 0 Å². The van der Waals surface area contributed by atoms with Crippen molar-refractivity contribution in [2.75, 3.05) is 12.3 Å². The van der Waals surface area contributed by atoms with E-state index in [1.54, 1.807) is 4.83 Å². The summed E-state index contributed by atoms with van der Waals surface area (Å²) >= 11 is 0. The molecule has 17 heavy (non-hydrogen) atoms. The smallest absolute Gasteiger partial charge is 0.322 e. The number of nitrogens with two attached hydrogens (primary N) is 1. The number of aliphatic carboxylic acids is 2. The van der Waals surface area contributed by atoms with E-state index in [-0.39, 0.29) is 18.7 Å². The van der Waals surface area contributed by atoms with Gasteiger partial charge in [0.2, 0.25) is 10.0 Å². The van der Waals surface area contributed by atoms with Gasteiger partial charge in [-0.25, -0.2) is 13.8 Å². The number of hydrogen-bond acceptors (Lipinski definition) is 6. The van der Waals surface area contributed by atoms with Crippen LogP contribution < -0.4 is 16.0 Å². The fourth-order valence-electron chi connectivity index (χ4n) is 0.860. The molecule has 0 aliphatic carbocycles. The van der Waals surface area contributed by atoms with Crippen LogP contribution in [0.1, 0.15) is 12.8 Å². The Kier molecular flexibility index (Phi) is 6.65. The van der Waals surface area contributed by atoms with E-state index in [1.807, 2.05) is 5.43 Å². The first-order valence-electron chi connectivity index (χ1n) is 4.68. The molecular weight excluding hydrogens is 254 g/mol. The minimum atomic E-state index is -3.71. The third-order valence-corrected chi connectivity index (χ3v) is 2.94. The Bertz CT molecular complexity index is 368. The Hall–Kier alpha value is -1.23. The molecule has 0 bridgehead atoms. The molecule has 9 nitrogen and oxygen atoms in total. The third-order valence-electron chi connectivity index (χ3n) is 1.68. The van der Waals surface area contributed by atoms with Crippen molar-refractivity contribution in [1.82, 2.24) is 10.3 Å². The van der Waals surface area contributed by atoms with Gasteiger partial charge in [-0.05, 0) is 13.0 Å². The molecule has 0 aromatic carbocycles. The maximum absolute atomic E-state index is 11.2. The molecule has 0 saturated carbocycles. The van der Waals surface area contributed by atoms with E-state index in [0.29, 0.717) is 0 Å². The van der Waals surface area contributed by atoms with Crippen LogP contribution >= 0.6 is 0 Å². The lowest BCUT2D eigenvalue weighted by Gasteiger charge is -2.13. The number of hydrogen-bond donors (Lipinski definition) is 5. The Labute approximate surface area is 98.0 Å². The van der Waals surface area contributed by atoms with E-state index in [9.17, 15) is 18.0 Å². The molecule has 0 amide bonds. The van der Waals surface area contributed by atoms with Crippen LogP contribution in [0.5, 0.6) is 0 Å². The minimum Gasteiger partial charge on any atom is -0.481 e. The minimum absolute atomic E-state index is 0.179. The van der Waals surface area contributed by atoms with Crippen LogP contribution in [-0.2, 0) is 19.6 Å². The quantitative estimate of drug-likeness (QED) is 0.292. The maximum atomic E-state index is 11.2. The zero-order valence-corrected chi connectivity index (χ0v) is 9.74. The Morgan fingerprint density at radius 2 is 1.88 bits per heavy atom. The molecule has 0 spiro atoms. The van der Waals surface area contributed by atoms with Crippen LogP contribution in [0.3, 0.4) is 0 Å². The SMILES string of the molecule is NCCCS(=O)(=O)NN[C@@H](CC(=O)O)C(=O)O. The highest BCUT2D eigenvalue weighted by molar-refractivity contribution is 7.89. The van der Waals surface area contributed by atoms with Crippen LogP contribution in [0.4, 0.5) is 0 Å². The summed E-state index contributed by atoms with van der Waals surface area (Å²) in [6.45, 7) is 0.179. The van der Waals surface area contributed by atoms with E-state index < -0.39 is 34.4 Å². The standard InChI is InChI=1S/C7H15N3O6S/c8-2-1-3-17(15,16)10-9-5(7(13)14)4-6(11)12/h5,9-10H,1-4,8H2,(H,11,12)(H,13,14)/t5-/m0/s1. The topological polar surface area (TPSA) is 159 Å². The van der Waals surface area contributed by atoms with Gasteiger partial charge in [-0.15, -0.1) is 0 Å². The molecule has 0 rings (SSSR count).